The van der Waals surface area contributed by atoms with Gasteiger partial charge < -0.3 is 5.32 Å². The van der Waals surface area contributed by atoms with Crippen molar-refractivity contribution in [2.45, 2.75) is 32.2 Å². The minimum absolute atomic E-state index is 0.375. The standard InChI is InChI=1S/C14H18N2O2S2/c1-9-5-6-12(7-14(9)20(4,17)18)15-8-13-10(2)16-11(3)19-13/h5-7,15H,8H2,1-4H3. The summed E-state index contributed by atoms with van der Waals surface area (Å²) in [7, 11) is -3.19. The molecule has 0 bridgehead atoms. The number of benzene rings is 1. The van der Waals surface area contributed by atoms with Crippen LogP contribution in [0.3, 0.4) is 0 Å². The molecule has 2 rings (SSSR count). The molecule has 0 radical (unpaired) electrons. The molecule has 0 saturated carbocycles. The average molecular weight is 310 g/mol. The maximum absolute atomic E-state index is 11.7. The van der Waals surface area contributed by atoms with Crippen LogP contribution in [0.4, 0.5) is 5.69 Å². The average Bonchev–Trinajstić information content (AvgIpc) is 2.65. The van der Waals surface area contributed by atoms with E-state index in [1.54, 1.807) is 24.3 Å². The quantitative estimate of drug-likeness (QED) is 0.943. The molecule has 6 heteroatoms. The molecule has 108 valence electrons. The summed E-state index contributed by atoms with van der Waals surface area (Å²) in [6.45, 7) is 6.42. The first-order valence-electron chi connectivity index (χ1n) is 6.25. The number of thiazole rings is 1. The molecule has 4 nitrogen and oxygen atoms in total. The SMILES string of the molecule is Cc1nc(C)c(CNc2ccc(C)c(S(C)(=O)=O)c2)s1. The second-order valence-electron chi connectivity index (χ2n) is 4.85. The van der Waals surface area contributed by atoms with Crippen molar-refractivity contribution in [3.05, 3.63) is 39.3 Å². The molecule has 0 atom stereocenters. The van der Waals surface area contributed by atoms with E-state index in [-0.39, 0.29) is 0 Å². The van der Waals surface area contributed by atoms with Gasteiger partial charge in [0.2, 0.25) is 0 Å². The molecule has 0 spiro atoms. The summed E-state index contributed by atoms with van der Waals surface area (Å²) in [5, 5.41) is 4.30. The number of rotatable bonds is 4. The van der Waals surface area contributed by atoms with Crippen LogP contribution in [0, 0.1) is 20.8 Å². The Hall–Kier alpha value is -1.40. The van der Waals surface area contributed by atoms with Crippen molar-refractivity contribution in [3.8, 4) is 0 Å². The number of nitrogens with one attached hydrogen (secondary N) is 1. The van der Waals surface area contributed by atoms with Crippen LogP contribution in [0.15, 0.2) is 23.1 Å². The Morgan fingerprint density at radius 2 is 1.95 bits per heavy atom. The second-order valence-corrected chi connectivity index (χ2v) is 8.12. The van der Waals surface area contributed by atoms with Crippen molar-refractivity contribution in [1.82, 2.24) is 4.98 Å². The van der Waals surface area contributed by atoms with E-state index in [1.807, 2.05) is 26.0 Å². The van der Waals surface area contributed by atoms with Gasteiger partial charge in [0.1, 0.15) is 0 Å². The van der Waals surface area contributed by atoms with Gasteiger partial charge in [-0.3, -0.25) is 0 Å². The summed E-state index contributed by atoms with van der Waals surface area (Å²) in [6, 6.07) is 5.41. The lowest BCUT2D eigenvalue weighted by Gasteiger charge is -2.09. The third-order valence-electron chi connectivity index (χ3n) is 3.04. The number of sulfone groups is 1. The monoisotopic (exact) mass is 310 g/mol. The van der Waals surface area contributed by atoms with Crippen LogP contribution >= 0.6 is 11.3 Å². The van der Waals surface area contributed by atoms with Crippen LogP contribution in [0.5, 0.6) is 0 Å². The highest BCUT2D eigenvalue weighted by molar-refractivity contribution is 7.90. The summed E-state index contributed by atoms with van der Waals surface area (Å²) in [5.41, 5.74) is 2.60. The first-order chi connectivity index (χ1) is 9.27. The molecule has 0 aliphatic rings. The summed E-state index contributed by atoms with van der Waals surface area (Å²) in [6.07, 6.45) is 1.23. The number of aromatic nitrogens is 1. The van der Waals surface area contributed by atoms with Crippen LogP contribution < -0.4 is 5.32 Å². The van der Waals surface area contributed by atoms with Crippen LogP contribution in [0.2, 0.25) is 0 Å². The van der Waals surface area contributed by atoms with E-state index < -0.39 is 9.84 Å². The first-order valence-corrected chi connectivity index (χ1v) is 8.95. The lowest BCUT2D eigenvalue weighted by molar-refractivity contribution is 0.601. The topological polar surface area (TPSA) is 59.1 Å². The largest absolute Gasteiger partial charge is 0.380 e. The van der Waals surface area contributed by atoms with E-state index in [1.165, 1.54) is 11.1 Å². The summed E-state index contributed by atoms with van der Waals surface area (Å²) < 4.78 is 23.4. The zero-order valence-corrected chi connectivity index (χ0v) is 13.7. The molecule has 0 unspecified atom stereocenters. The Morgan fingerprint density at radius 3 is 2.50 bits per heavy atom. The summed E-state index contributed by atoms with van der Waals surface area (Å²) >= 11 is 1.65. The molecule has 0 amide bonds. The van der Waals surface area contributed by atoms with Gasteiger partial charge >= 0.3 is 0 Å². The fourth-order valence-electron chi connectivity index (χ4n) is 2.03. The van der Waals surface area contributed by atoms with Gasteiger partial charge in [0.05, 0.1) is 22.1 Å². The third-order valence-corrected chi connectivity index (χ3v) is 5.35. The Morgan fingerprint density at radius 1 is 1.25 bits per heavy atom. The summed E-state index contributed by atoms with van der Waals surface area (Å²) in [5.74, 6) is 0. The van der Waals surface area contributed by atoms with Gasteiger partial charge in [-0.2, -0.15) is 0 Å². The van der Waals surface area contributed by atoms with Gasteiger partial charge in [-0.25, -0.2) is 13.4 Å². The maximum Gasteiger partial charge on any atom is 0.175 e. The molecule has 1 aromatic heterocycles. The molecule has 0 saturated heterocycles. The van der Waals surface area contributed by atoms with Crippen molar-refractivity contribution < 1.29 is 8.42 Å². The van der Waals surface area contributed by atoms with Crippen LogP contribution in [0.25, 0.3) is 0 Å². The molecular weight excluding hydrogens is 292 g/mol. The van der Waals surface area contributed by atoms with Gasteiger partial charge in [-0.15, -0.1) is 11.3 Å². The minimum Gasteiger partial charge on any atom is -0.380 e. The Kier molecular flexibility index (Phi) is 4.15. The highest BCUT2D eigenvalue weighted by Gasteiger charge is 2.12. The molecule has 20 heavy (non-hydrogen) atoms. The molecular formula is C14H18N2O2S2. The normalized spacial score (nSPS) is 11.6. The number of anilines is 1. The number of nitrogens with zero attached hydrogens (tertiary/aromatic N) is 1. The van der Waals surface area contributed by atoms with Crippen LogP contribution in [-0.4, -0.2) is 19.7 Å². The predicted octanol–water partition coefficient (Wildman–Crippen LogP) is 3.08. The highest BCUT2D eigenvalue weighted by atomic mass is 32.2. The van der Waals surface area contributed by atoms with E-state index in [0.717, 1.165) is 22.0 Å². The van der Waals surface area contributed by atoms with Crippen molar-refractivity contribution in [2.24, 2.45) is 0 Å². The number of hydrogen-bond acceptors (Lipinski definition) is 5. The fraction of sp³-hybridized carbons (Fsp3) is 0.357. The predicted molar refractivity (Wildman–Crippen MR) is 83.2 cm³/mol. The molecule has 1 N–H and O–H groups in total. The Labute approximate surface area is 123 Å². The second kappa shape index (κ2) is 5.54. The van der Waals surface area contributed by atoms with E-state index >= 15 is 0 Å². The van der Waals surface area contributed by atoms with E-state index in [2.05, 4.69) is 10.3 Å². The van der Waals surface area contributed by atoms with Gasteiger partial charge in [0, 0.05) is 16.8 Å². The van der Waals surface area contributed by atoms with Gasteiger partial charge in [-0.05, 0) is 38.5 Å². The maximum atomic E-state index is 11.7. The molecule has 0 aliphatic carbocycles. The van der Waals surface area contributed by atoms with Crippen molar-refractivity contribution in [1.29, 1.82) is 0 Å². The molecule has 0 fully saturated rings. The van der Waals surface area contributed by atoms with Crippen molar-refractivity contribution in [2.75, 3.05) is 11.6 Å². The molecule has 2 aromatic rings. The minimum atomic E-state index is -3.19. The lowest BCUT2D eigenvalue weighted by Crippen LogP contribution is -2.03. The van der Waals surface area contributed by atoms with Crippen LogP contribution in [-0.2, 0) is 16.4 Å². The molecule has 0 aliphatic heterocycles. The smallest absolute Gasteiger partial charge is 0.175 e. The van der Waals surface area contributed by atoms with Gasteiger partial charge in [0.15, 0.2) is 9.84 Å². The fourth-order valence-corrected chi connectivity index (χ4v) is 3.90. The Balaban J connectivity index is 2.21. The summed E-state index contributed by atoms with van der Waals surface area (Å²) in [4.78, 5) is 5.92. The zero-order valence-electron chi connectivity index (χ0n) is 12.0. The first kappa shape index (κ1) is 15.0. The zero-order chi connectivity index (χ0) is 14.9. The lowest BCUT2D eigenvalue weighted by atomic mass is 10.2. The van der Waals surface area contributed by atoms with Gasteiger partial charge in [-0.1, -0.05) is 6.07 Å². The van der Waals surface area contributed by atoms with Crippen molar-refractivity contribution >= 4 is 26.9 Å². The van der Waals surface area contributed by atoms with E-state index in [9.17, 15) is 8.42 Å². The highest BCUT2D eigenvalue weighted by Crippen LogP contribution is 2.22. The third kappa shape index (κ3) is 3.37. The van der Waals surface area contributed by atoms with E-state index in [4.69, 9.17) is 0 Å². The molecule has 1 heterocycles. The van der Waals surface area contributed by atoms with Crippen LogP contribution in [0.1, 0.15) is 21.1 Å². The van der Waals surface area contributed by atoms with Gasteiger partial charge in [0.25, 0.3) is 0 Å². The number of aryl methyl sites for hydroxylation is 3. The van der Waals surface area contributed by atoms with E-state index in [0.29, 0.717) is 11.4 Å². The Bertz CT molecular complexity index is 734. The van der Waals surface area contributed by atoms with Crippen molar-refractivity contribution in [3.63, 3.8) is 0 Å². The number of hydrogen-bond donors (Lipinski definition) is 1. The molecule has 1 aromatic carbocycles.